The first-order chi connectivity index (χ1) is 7.20. The zero-order valence-electron chi connectivity index (χ0n) is 7.31. The number of aromatic carboxylic acids is 1. The maximum absolute atomic E-state index is 13.0. The molecule has 0 amide bonds. The van der Waals surface area contributed by atoms with Crippen LogP contribution in [0.4, 0.5) is 17.6 Å². The van der Waals surface area contributed by atoms with Gasteiger partial charge in [-0.2, -0.15) is 0 Å². The number of alkyl halides is 3. The molecule has 1 aromatic carbocycles. The van der Waals surface area contributed by atoms with Crippen molar-refractivity contribution in [3.63, 3.8) is 0 Å². The highest BCUT2D eigenvalue weighted by Crippen LogP contribution is 2.29. The Balaban J connectivity index is 3.19. The molecule has 0 atom stereocenters. The second kappa shape index (κ2) is 4.28. The minimum absolute atomic E-state index is 0.435. The van der Waals surface area contributed by atoms with E-state index in [0.29, 0.717) is 12.1 Å². The van der Waals surface area contributed by atoms with Crippen molar-refractivity contribution in [2.45, 2.75) is 6.36 Å². The number of hydrogen-bond donors (Lipinski definition) is 1. The lowest BCUT2D eigenvalue weighted by atomic mass is 10.2. The molecule has 3 nitrogen and oxygen atoms in total. The minimum Gasteiger partial charge on any atom is -0.478 e. The van der Waals surface area contributed by atoms with Gasteiger partial charge >= 0.3 is 12.3 Å². The van der Waals surface area contributed by atoms with E-state index in [9.17, 15) is 22.4 Å². The molecule has 0 aliphatic heterocycles. The summed E-state index contributed by atoms with van der Waals surface area (Å²) in [4.78, 5) is 10.6. The molecular formula is C8H3BrF4O3. The van der Waals surface area contributed by atoms with Gasteiger partial charge in [0.25, 0.3) is 0 Å². The van der Waals surface area contributed by atoms with Crippen molar-refractivity contribution in [2.75, 3.05) is 0 Å². The summed E-state index contributed by atoms with van der Waals surface area (Å²) in [5, 5.41) is 8.58. The van der Waals surface area contributed by atoms with Crippen molar-refractivity contribution in [1.29, 1.82) is 0 Å². The van der Waals surface area contributed by atoms with Crippen LogP contribution in [0.2, 0.25) is 0 Å². The summed E-state index contributed by atoms with van der Waals surface area (Å²) in [5.74, 6) is -3.65. The first-order valence-electron chi connectivity index (χ1n) is 3.69. The van der Waals surface area contributed by atoms with Gasteiger partial charge in [-0.15, -0.1) is 13.2 Å². The summed E-state index contributed by atoms with van der Waals surface area (Å²) in [6, 6.07) is 1.01. The third-order valence-electron chi connectivity index (χ3n) is 1.47. The molecule has 0 bridgehead atoms. The van der Waals surface area contributed by atoms with Crippen LogP contribution < -0.4 is 4.74 Å². The van der Waals surface area contributed by atoms with Crippen LogP contribution in [0, 0.1) is 5.82 Å². The van der Waals surface area contributed by atoms with E-state index in [1.165, 1.54) is 0 Å². The Morgan fingerprint density at radius 2 is 1.94 bits per heavy atom. The van der Waals surface area contributed by atoms with Crippen LogP contribution >= 0.6 is 15.9 Å². The van der Waals surface area contributed by atoms with Crippen LogP contribution in [0.5, 0.6) is 5.75 Å². The Hall–Kier alpha value is -1.31. The molecule has 0 saturated heterocycles. The minimum atomic E-state index is -5.00. The Morgan fingerprint density at radius 1 is 1.38 bits per heavy atom. The zero-order valence-corrected chi connectivity index (χ0v) is 8.89. The van der Waals surface area contributed by atoms with E-state index >= 15 is 0 Å². The molecule has 0 radical (unpaired) electrons. The second-order valence-electron chi connectivity index (χ2n) is 2.62. The van der Waals surface area contributed by atoms with E-state index < -0.39 is 33.9 Å². The Labute approximate surface area is 94.8 Å². The molecule has 0 saturated carbocycles. The fourth-order valence-electron chi connectivity index (χ4n) is 0.912. The van der Waals surface area contributed by atoms with Crippen molar-refractivity contribution >= 4 is 21.9 Å². The SMILES string of the molecule is O=C(O)c1cc(OC(F)(F)F)cc(F)c1Br. The molecule has 0 aromatic heterocycles. The average molecular weight is 303 g/mol. The van der Waals surface area contributed by atoms with Gasteiger partial charge in [0.1, 0.15) is 11.6 Å². The molecule has 8 heteroatoms. The number of carboxylic acid groups (broad SMARTS) is 1. The van der Waals surface area contributed by atoms with Crippen LogP contribution in [-0.2, 0) is 0 Å². The van der Waals surface area contributed by atoms with Gasteiger partial charge < -0.3 is 9.84 Å². The highest BCUT2D eigenvalue weighted by atomic mass is 79.9. The molecule has 0 fully saturated rings. The standard InChI is InChI=1S/C8H3BrF4O3/c9-6-4(7(14)15)1-3(2-5(6)10)16-8(11,12)13/h1-2H,(H,14,15). The fraction of sp³-hybridized carbons (Fsp3) is 0.125. The number of hydrogen-bond acceptors (Lipinski definition) is 2. The van der Waals surface area contributed by atoms with Crippen molar-refractivity contribution in [3.05, 3.63) is 28.0 Å². The molecule has 0 unspecified atom stereocenters. The molecule has 88 valence electrons. The number of carbonyl (C=O) groups is 1. The van der Waals surface area contributed by atoms with E-state index in [4.69, 9.17) is 5.11 Å². The van der Waals surface area contributed by atoms with E-state index in [-0.39, 0.29) is 0 Å². The molecule has 0 aliphatic carbocycles. The number of halogens is 5. The largest absolute Gasteiger partial charge is 0.573 e. The summed E-state index contributed by atoms with van der Waals surface area (Å²) in [6.45, 7) is 0. The van der Waals surface area contributed by atoms with Gasteiger partial charge in [-0.05, 0) is 22.0 Å². The molecule has 1 rings (SSSR count). The number of benzene rings is 1. The van der Waals surface area contributed by atoms with Gasteiger partial charge in [0, 0.05) is 6.07 Å². The van der Waals surface area contributed by atoms with Crippen molar-refractivity contribution in [2.24, 2.45) is 0 Å². The first kappa shape index (κ1) is 12.8. The summed E-state index contributed by atoms with van der Waals surface area (Å²) in [6.07, 6.45) is -5.00. The van der Waals surface area contributed by atoms with Gasteiger partial charge in [0.2, 0.25) is 0 Å². The van der Waals surface area contributed by atoms with Gasteiger partial charge in [0.15, 0.2) is 0 Å². The van der Waals surface area contributed by atoms with E-state index in [1.807, 2.05) is 0 Å². The van der Waals surface area contributed by atoms with Crippen LogP contribution in [0.25, 0.3) is 0 Å². The molecule has 0 spiro atoms. The third-order valence-corrected chi connectivity index (χ3v) is 2.27. The summed E-state index contributed by atoms with van der Waals surface area (Å²) in [5.41, 5.74) is -0.653. The Morgan fingerprint density at radius 3 is 2.38 bits per heavy atom. The predicted molar refractivity (Wildman–Crippen MR) is 47.7 cm³/mol. The van der Waals surface area contributed by atoms with Crippen LogP contribution in [0.1, 0.15) is 10.4 Å². The van der Waals surface area contributed by atoms with Crippen LogP contribution in [0.3, 0.4) is 0 Å². The third kappa shape index (κ3) is 3.09. The highest BCUT2D eigenvalue weighted by Gasteiger charge is 2.32. The monoisotopic (exact) mass is 302 g/mol. The Kier molecular flexibility index (Phi) is 3.41. The average Bonchev–Trinajstić information content (AvgIpc) is 2.07. The lowest BCUT2D eigenvalue weighted by molar-refractivity contribution is -0.274. The highest BCUT2D eigenvalue weighted by molar-refractivity contribution is 9.10. The fourth-order valence-corrected chi connectivity index (χ4v) is 1.31. The summed E-state index contributed by atoms with van der Waals surface area (Å²) < 4.78 is 51.4. The van der Waals surface area contributed by atoms with Gasteiger partial charge in [-0.1, -0.05) is 0 Å². The van der Waals surface area contributed by atoms with E-state index in [1.54, 1.807) is 0 Å². The van der Waals surface area contributed by atoms with Gasteiger partial charge in [-0.25, -0.2) is 9.18 Å². The van der Waals surface area contributed by atoms with E-state index in [2.05, 4.69) is 20.7 Å². The quantitative estimate of drug-likeness (QED) is 0.854. The summed E-state index contributed by atoms with van der Waals surface area (Å²) >= 11 is 2.60. The molecule has 1 N–H and O–H groups in total. The number of rotatable bonds is 2. The number of ether oxygens (including phenoxy) is 1. The predicted octanol–water partition coefficient (Wildman–Crippen LogP) is 3.19. The molecule has 0 heterocycles. The summed E-state index contributed by atoms with van der Waals surface area (Å²) in [7, 11) is 0. The maximum atomic E-state index is 13.0. The topological polar surface area (TPSA) is 46.5 Å². The smallest absolute Gasteiger partial charge is 0.478 e. The second-order valence-corrected chi connectivity index (χ2v) is 3.41. The van der Waals surface area contributed by atoms with Crippen molar-refractivity contribution < 1.29 is 32.2 Å². The lowest BCUT2D eigenvalue weighted by Crippen LogP contribution is -2.17. The van der Waals surface area contributed by atoms with Gasteiger partial charge in [-0.3, -0.25) is 0 Å². The normalized spacial score (nSPS) is 11.3. The molecule has 16 heavy (non-hydrogen) atoms. The van der Waals surface area contributed by atoms with Crippen LogP contribution in [-0.4, -0.2) is 17.4 Å². The first-order valence-corrected chi connectivity index (χ1v) is 4.48. The maximum Gasteiger partial charge on any atom is 0.573 e. The number of carboxylic acids is 1. The van der Waals surface area contributed by atoms with Crippen LogP contribution in [0.15, 0.2) is 16.6 Å². The molecule has 0 aliphatic rings. The van der Waals surface area contributed by atoms with Gasteiger partial charge in [0.05, 0.1) is 10.0 Å². The van der Waals surface area contributed by atoms with E-state index in [0.717, 1.165) is 0 Å². The Bertz CT molecular complexity index is 430. The molecule has 1 aromatic rings. The zero-order chi connectivity index (χ0) is 12.5. The lowest BCUT2D eigenvalue weighted by Gasteiger charge is -2.10. The van der Waals surface area contributed by atoms with Crippen molar-refractivity contribution in [1.82, 2.24) is 0 Å². The van der Waals surface area contributed by atoms with Crippen molar-refractivity contribution in [3.8, 4) is 5.75 Å². The molecular weight excluding hydrogens is 300 g/mol.